The van der Waals surface area contributed by atoms with E-state index < -0.39 is 0 Å². The molecule has 0 aliphatic heterocycles. The van der Waals surface area contributed by atoms with Crippen LogP contribution in [0.3, 0.4) is 0 Å². The Morgan fingerprint density at radius 2 is 2.08 bits per heavy atom. The van der Waals surface area contributed by atoms with Gasteiger partial charge in [0.25, 0.3) is 0 Å². The van der Waals surface area contributed by atoms with E-state index in [-0.39, 0.29) is 5.88 Å². The maximum Gasteiger partial charge on any atom is 0.198 e. The lowest BCUT2D eigenvalue weighted by Crippen LogP contribution is -1.89. The fourth-order valence-electron chi connectivity index (χ4n) is 1.51. The van der Waals surface area contributed by atoms with Gasteiger partial charge in [-0.3, -0.25) is 0 Å². The van der Waals surface area contributed by atoms with Gasteiger partial charge in [-0.25, -0.2) is 0 Å². The first-order valence-electron chi connectivity index (χ1n) is 4.05. The first-order valence-corrected chi connectivity index (χ1v) is 4.05. The second-order valence-corrected chi connectivity index (χ2v) is 3.02. The summed E-state index contributed by atoms with van der Waals surface area (Å²) in [7, 11) is 0. The van der Waals surface area contributed by atoms with Crippen molar-refractivity contribution in [1.29, 1.82) is 5.41 Å². The number of nitrogens with one attached hydrogen (secondary N) is 2. The molecule has 3 N–H and O–H groups in total. The van der Waals surface area contributed by atoms with Crippen LogP contribution < -0.4 is 0 Å². The summed E-state index contributed by atoms with van der Waals surface area (Å²) < 4.78 is 0. The van der Waals surface area contributed by atoms with Crippen molar-refractivity contribution in [3.05, 3.63) is 29.8 Å². The standard InChI is InChI=1S/C10H10N2O/c1-6(11)9-7-4-2-3-5-8(7)12-10(9)13/h2-5,11-13H,1H3. The molecule has 0 radical (unpaired) electrons. The lowest BCUT2D eigenvalue weighted by Gasteiger charge is -1.94. The molecule has 0 amide bonds. The maximum atomic E-state index is 9.51. The zero-order chi connectivity index (χ0) is 9.42. The summed E-state index contributed by atoms with van der Waals surface area (Å²) in [5.41, 5.74) is 1.83. The molecule has 0 aliphatic rings. The highest BCUT2D eigenvalue weighted by molar-refractivity contribution is 6.10. The molecule has 0 bridgehead atoms. The van der Waals surface area contributed by atoms with Crippen molar-refractivity contribution in [2.24, 2.45) is 0 Å². The van der Waals surface area contributed by atoms with Crippen LogP contribution in [-0.4, -0.2) is 15.8 Å². The van der Waals surface area contributed by atoms with E-state index >= 15 is 0 Å². The molecule has 0 atom stereocenters. The number of hydrogen-bond donors (Lipinski definition) is 3. The number of H-pyrrole nitrogens is 1. The molecule has 0 aliphatic carbocycles. The van der Waals surface area contributed by atoms with Gasteiger partial charge in [-0.05, 0) is 13.0 Å². The van der Waals surface area contributed by atoms with Gasteiger partial charge in [-0.1, -0.05) is 18.2 Å². The molecule has 0 fully saturated rings. The van der Waals surface area contributed by atoms with Crippen LogP contribution in [-0.2, 0) is 0 Å². The summed E-state index contributed by atoms with van der Waals surface area (Å²) in [5.74, 6) is 0.0775. The number of fused-ring (bicyclic) bond motifs is 1. The lowest BCUT2D eigenvalue weighted by atomic mass is 10.1. The van der Waals surface area contributed by atoms with Crippen molar-refractivity contribution >= 4 is 16.6 Å². The molecule has 0 saturated heterocycles. The summed E-state index contributed by atoms with van der Waals surface area (Å²) >= 11 is 0. The van der Waals surface area contributed by atoms with Crippen molar-refractivity contribution in [3.8, 4) is 5.88 Å². The van der Waals surface area contributed by atoms with Crippen molar-refractivity contribution in [2.75, 3.05) is 0 Å². The largest absolute Gasteiger partial charge is 0.494 e. The van der Waals surface area contributed by atoms with Crippen LogP contribution in [0.5, 0.6) is 5.88 Å². The van der Waals surface area contributed by atoms with Crippen molar-refractivity contribution in [3.63, 3.8) is 0 Å². The first kappa shape index (κ1) is 7.86. The highest BCUT2D eigenvalue weighted by atomic mass is 16.3. The minimum absolute atomic E-state index is 0.0775. The van der Waals surface area contributed by atoms with Crippen molar-refractivity contribution in [1.82, 2.24) is 4.98 Å². The molecule has 13 heavy (non-hydrogen) atoms. The second-order valence-electron chi connectivity index (χ2n) is 3.02. The van der Waals surface area contributed by atoms with Gasteiger partial charge in [0.2, 0.25) is 0 Å². The molecule has 3 nitrogen and oxygen atoms in total. The summed E-state index contributed by atoms with van der Waals surface area (Å²) in [6.45, 7) is 1.66. The molecule has 1 aromatic heterocycles. The first-order chi connectivity index (χ1) is 6.20. The molecule has 1 aromatic carbocycles. The smallest absolute Gasteiger partial charge is 0.198 e. The van der Waals surface area contributed by atoms with E-state index in [1.54, 1.807) is 6.92 Å². The van der Waals surface area contributed by atoms with Gasteiger partial charge >= 0.3 is 0 Å². The third-order valence-electron chi connectivity index (χ3n) is 2.06. The molecule has 3 heteroatoms. The summed E-state index contributed by atoms with van der Waals surface area (Å²) in [6.07, 6.45) is 0. The van der Waals surface area contributed by atoms with Crippen molar-refractivity contribution in [2.45, 2.75) is 6.92 Å². The molecular weight excluding hydrogens is 164 g/mol. The average Bonchev–Trinajstić information content (AvgIpc) is 2.39. The van der Waals surface area contributed by atoms with Crippen LogP contribution >= 0.6 is 0 Å². The van der Waals surface area contributed by atoms with Gasteiger partial charge in [-0.2, -0.15) is 0 Å². The Bertz CT molecular complexity index is 471. The Morgan fingerprint density at radius 1 is 1.38 bits per heavy atom. The van der Waals surface area contributed by atoms with Crippen LogP contribution in [0.25, 0.3) is 10.9 Å². The van der Waals surface area contributed by atoms with E-state index in [9.17, 15) is 5.11 Å². The number of aromatic amines is 1. The third kappa shape index (κ3) is 1.09. The predicted molar refractivity (Wildman–Crippen MR) is 52.5 cm³/mol. The van der Waals surface area contributed by atoms with Crippen LogP contribution in [0.4, 0.5) is 0 Å². The number of benzene rings is 1. The van der Waals surface area contributed by atoms with Gasteiger partial charge in [-0.15, -0.1) is 0 Å². The normalized spacial score (nSPS) is 10.5. The number of aromatic hydroxyl groups is 1. The van der Waals surface area contributed by atoms with E-state index in [0.29, 0.717) is 11.3 Å². The minimum atomic E-state index is 0.0775. The molecule has 0 unspecified atom stereocenters. The molecule has 66 valence electrons. The van der Waals surface area contributed by atoms with Crippen LogP contribution in [0.1, 0.15) is 12.5 Å². The number of hydrogen-bond acceptors (Lipinski definition) is 2. The van der Waals surface area contributed by atoms with E-state index in [0.717, 1.165) is 10.9 Å². The fraction of sp³-hybridized carbons (Fsp3) is 0.100. The predicted octanol–water partition coefficient (Wildman–Crippen LogP) is 2.26. The molecule has 1 heterocycles. The quantitative estimate of drug-likeness (QED) is 0.570. The molecule has 2 rings (SSSR count). The van der Waals surface area contributed by atoms with Crippen LogP contribution in [0, 0.1) is 5.41 Å². The Hall–Kier alpha value is -1.77. The summed E-state index contributed by atoms with van der Waals surface area (Å²) in [4.78, 5) is 2.82. The molecular formula is C10H10N2O. The van der Waals surface area contributed by atoms with E-state index in [1.807, 2.05) is 24.3 Å². The number of rotatable bonds is 1. The van der Waals surface area contributed by atoms with Gasteiger partial charge in [0.1, 0.15) is 0 Å². The van der Waals surface area contributed by atoms with Gasteiger partial charge in [0, 0.05) is 16.6 Å². The Balaban J connectivity index is 2.86. The monoisotopic (exact) mass is 174 g/mol. The fourth-order valence-corrected chi connectivity index (χ4v) is 1.51. The molecule has 0 saturated carbocycles. The topological polar surface area (TPSA) is 59.9 Å². The Morgan fingerprint density at radius 3 is 2.77 bits per heavy atom. The van der Waals surface area contributed by atoms with E-state index in [4.69, 9.17) is 5.41 Å². The number of aromatic nitrogens is 1. The zero-order valence-corrected chi connectivity index (χ0v) is 7.26. The van der Waals surface area contributed by atoms with Gasteiger partial charge in [0.05, 0.1) is 5.56 Å². The minimum Gasteiger partial charge on any atom is -0.494 e. The molecule has 2 aromatic rings. The van der Waals surface area contributed by atoms with E-state index in [2.05, 4.69) is 4.98 Å². The van der Waals surface area contributed by atoms with Crippen molar-refractivity contribution < 1.29 is 5.11 Å². The second kappa shape index (κ2) is 2.62. The number of para-hydroxylation sites is 1. The lowest BCUT2D eigenvalue weighted by molar-refractivity contribution is 0.457. The molecule has 0 spiro atoms. The third-order valence-corrected chi connectivity index (χ3v) is 2.06. The highest BCUT2D eigenvalue weighted by Gasteiger charge is 2.10. The van der Waals surface area contributed by atoms with Gasteiger partial charge < -0.3 is 15.5 Å². The Labute approximate surface area is 75.5 Å². The van der Waals surface area contributed by atoms with Crippen LogP contribution in [0.2, 0.25) is 0 Å². The van der Waals surface area contributed by atoms with Gasteiger partial charge in [0.15, 0.2) is 5.88 Å². The average molecular weight is 174 g/mol. The Kier molecular flexibility index (Phi) is 1.59. The highest BCUT2D eigenvalue weighted by Crippen LogP contribution is 2.26. The van der Waals surface area contributed by atoms with Crippen LogP contribution in [0.15, 0.2) is 24.3 Å². The maximum absolute atomic E-state index is 9.51. The zero-order valence-electron chi connectivity index (χ0n) is 7.26. The SMILES string of the molecule is CC(=N)c1c(O)[nH]c2ccccc12. The summed E-state index contributed by atoms with van der Waals surface area (Å²) in [6, 6.07) is 7.55. The van der Waals surface area contributed by atoms with E-state index in [1.165, 1.54) is 0 Å². The summed E-state index contributed by atoms with van der Waals surface area (Å²) in [5, 5.41) is 17.9.